The Kier molecular flexibility index (Phi) is 5.76. The van der Waals surface area contributed by atoms with Crippen molar-refractivity contribution in [2.45, 2.75) is 19.1 Å². The van der Waals surface area contributed by atoms with Gasteiger partial charge in [-0.25, -0.2) is 0 Å². The number of ether oxygens (including phenoxy) is 2. The van der Waals surface area contributed by atoms with Crippen molar-refractivity contribution in [3.8, 4) is 11.5 Å². The van der Waals surface area contributed by atoms with Crippen LogP contribution in [0.3, 0.4) is 0 Å². The summed E-state index contributed by atoms with van der Waals surface area (Å²) in [6.07, 6.45) is -4.70. The van der Waals surface area contributed by atoms with E-state index in [-0.39, 0.29) is 19.5 Å². The van der Waals surface area contributed by atoms with Crippen molar-refractivity contribution in [3.05, 3.63) is 23.8 Å². The second-order valence-corrected chi connectivity index (χ2v) is 5.69. The molecule has 1 saturated heterocycles. The standard InChI is InChI=1S/C16H19F3N2O4/c1-24-12-3-4-13(25-2)10(5-12)7-20-15(23)11-6-14(22)21(8-11)9-16(17,18)19/h3-5,11H,6-9H2,1-2H3,(H,20,23). The fourth-order valence-electron chi connectivity index (χ4n) is 2.66. The number of likely N-dealkylation sites (tertiary alicyclic amines) is 1. The highest BCUT2D eigenvalue weighted by Crippen LogP contribution is 2.26. The highest BCUT2D eigenvalue weighted by atomic mass is 19.4. The lowest BCUT2D eigenvalue weighted by Crippen LogP contribution is -2.37. The van der Waals surface area contributed by atoms with Gasteiger partial charge in [-0.15, -0.1) is 0 Å². The summed E-state index contributed by atoms with van der Waals surface area (Å²) in [4.78, 5) is 24.5. The van der Waals surface area contributed by atoms with Gasteiger partial charge in [0, 0.05) is 25.1 Å². The molecule has 0 aliphatic carbocycles. The molecule has 1 aromatic carbocycles. The van der Waals surface area contributed by atoms with Gasteiger partial charge in [-0.3, -0.25) is 9.59 Å². The Morgan fingerprint density at radius 3 is 2.64 bits per heavy atom. The first-order chi connectivity index (χ1) is 11.7. The first-order valence-corrected chi connectivity index (χ1v) is 7.56. The van der Waals surface area contributed by atoms with Gasteiger partial charge in [0.05, 0.1) is 20.1 Å². The third-order valence-electron chi connectivity index (χ3n) is 3.90. The number of alkyl halides is 3. The summed E-state index contributed by atoms with van der Waals surface area (Å²) in [7, 11) is 2.99. The minimum Gasteiger partial charge on any atom is -0.497 e. The highest BCUT2D eigenvalue weighted by Gasteiger charge is 2.40. The van der Waals surface area contributed by atoms with Crippen LogP contribution in [0.15, 0.2) is 18.2 Å². The molecule has 1 N–H and O–H groups in total. The molecule has 1 fully saturated rings. The topological polar surface area (TPSA) is 67.9 Å². The smallest absolute Gasteiger partial charge is 0.406 e. The van der Waals surface area contributed by atoms with Crippen molar-refractivity contribution in [1.82, 2.24) is 10.2 Å². The summed E-state index contributed by atoms with van der Waals surface area (Å²) in [5, 5.41) is 2.64. The summed E-state index contributed by atoms with van der Waals surface area (Å²) in [6, 6.07) is 5.08. The molecule has 0 saturated carbocycles. The second kappa shape index (κ2) is 7.62. The molecule has 1 aromatic rings. The van der Waals surface area contributed by atoms with Crippen molar-refractivity contribution in [3.63, 3.8) is 0 Å². The van der Waals surface area contributed by atoms with Gasteiger partial charge in [-0.05, 0) is 18.2 Å². The normalized spacial score (nSPS) is 17.6. The Morgan fingerprint density at radius 2 is 2.04 bits per heavy atom. The van der Waals surface area contributed by atoms with E-state index in [1.807, 2.05) is 0 Å². The van der Waals surface area contributed by atoms with Crippen molar-refractivity contribution in [2.75, 3.05) is 27.3 Å². The van der Waals surface area contributed by atoms with E-state index in [1.54, 1.807) is 18.2 Å². The van der Waals surface area contributed by atoms with Crippen LogP contribution in [-0.4, -0.2) is 50.2 Å². The van der Waals surface area contributed by atoms with E-state index in [9.17, 15) is 22.8 Å². The third-order valence-corrected chi connectivity index (χ3v) is 3.90. The van der Waals surface area contributed by atoms with E-state index in [0.717, 1.165) is 0 Å². The number of nitrogens with one attached hydrogen (secondary N) is 1. The van der Waals surface area contributed by atoms with Gasteiger partial charge in [-0.1, -0.05) is 0 Å². The van der Waals surface area contributed by atoms with Crippen LogP contribution in [0.4, 0.5) is 13.2 Å². The molecule has 1 heterocycles. The molecule has 2 rings (SSSR count). The largest absolute Gasteiger partial charge is 0.497 e. The van der Waals surface area contributed by atoms with Crippen LogP contribution in [0, 0.1) is 5.92 Å². The number of rotatable bonds is 6. The Morgan fingerprint density at radius 1 is 1.32 bits per heavy atom. The maximum Gasteiger partial charge on any atom is 0.406 e. The molecule has 1 aliphatic rings. The number of carbonyl (C=O) groups is 2. The molecule has 0 radical (unpaired) electrons. The molecule has 138 valence electrons. The van der Waals surface area contributed by atoms with E-state index in [4.69, 9.17) is 9.47 Å². The van der Waals surface area contributed by atoms with Crippen molar-refractivity contribution < 1.29 is 32.2 Å². The van der Waals surface area contributed by atoms with Crippen LogP contribution >= 0.6 is 0 Å². The molecule has 2 amide bonds. The molecule has 0 spiro atoms. The fraction of sp³-hybridized carbons (Fsp3) is 0.500. The number of amides is 2. The monoisotopic (exact) mass is 360 g/mol. The van der Waals surface area contributed by atoms with Gasteiger partial charge in [0.15, 0.2) is 0 Å². The first kappa shape index (κ1) is 18.9. The van der Waals surface area contributed by atoms with Crippen molar-refractivity contribution in [2.24, 2.45) is 5.92 Å². The highest BCUT2D eigenvalue weighted by molar-refractivity contribution is 5.89. The molecule has 6 nitrogen and oxygen atoms in total. The van der Waals surface area contributed by atoms with Crippen molar-refractivity contribution in [1.29, 1.82) is 0 Å². The number of halogens is 3. The molecule has 0 aromatic heterocycles. The average Bonchev–Trinajstić information content (AvgIpc) is 2.91. The Balaban J connectivity index is 1.96. The van der Waals surface area contributed by atoms with E-state index in [2.05, 4.69) is 5.32 Å². The maximum absolute atomic E-state index is 12.4. The zero-order chi connectivity index (χ0) is 18.6. The van der Waals surface area contributed by atoms with E-state index in [0.29, 0.717) is 22.0 Å². The SMILES string of the molecule is COc1ccc(OC)c(CNC(=O)C2CC(=O)N(CC(F)(F)F)C2)c1. The number of hydrogen-bond acceptors (Lipinski definition) is 4. The number of carbonyl (C=O) groups excluding carboxylic acids is 2. The zero-order valence-electron chi connectivity index (χ0n) is 13.9. The average molecular weight is 360 g/mol. The molecular weight excluding hydrogens is 341 g/mol. The van der Waals surface area contributed by atoms with E-state index in [1.165, 1.54) is 14.2 Å². The summed E-state index contributed by atoms with van der Waals surface area (Å²) < 4.78 is 47.5. The lowest BCUT2D eigenvalue weighted by Gasteiger charge is -2.18. The molecule has 25 heavy (non-hydrogen) atoms. The van der Waals surface area contributed by atoms with Crippen LogP contribution in [0.1, 0.15) is 12.0 Å². The van der Waals surface area contributed by atoms with Gasteiger partial charge in [-0.2, -0.15) is 13.2 Å². The lowest BCUT2D eigenvalue weighted by molar-refractivity contribution is -0.157. The Bertz CT molecular complexity index is 649. The van der Waals surface area contributed by atoms with Gasteiger partial charge < -0.3 is 19.7 Å². The summed E-state index contributed by atoms with van der Waals surface area (Å²) in [6.45, 7) is -1.46. The number of nitrogens with zero attached hydrogens (tertiary/aromatic N) is 1. The van der Waals surface area contributed by atoms with Crippen LogP contribution in [-0.2, 0) is 16.1 Å². The predicted molar refractivity (Wildman–Crippen MR) is 82.1 cm³/mol. The maximum atomic E-state index is 12.4. The number of hydrogen-bond donors (Lipinski definition) is 1. The Labute approximate surface area is 142 Å². The number of methoxy groups -OCH3 is 2. The molecule has 9 heteroatoms. The predicted octanol–water partition coefficient (Wildman–Crippen LogP) is 1.73. The van der Waals surface area contributed by atoms with Crippen LogP contribution in [0.2, 0.25) is 0 Å². The summed E-state index contributed by atoms with van der Waals surface area (Å²) >= 11 is 0. The van der Waals surface area contributed by atoms with Crippen LogP contribution in [0.5, 0.6) is 11.5 Å². The molecular formula is C16H19F3N2O4. The lowest BCUT2D eigenvalue weighted by atomic mass is 10.1. The zero-order valence-corrected chi connectivity index (χ0v) is 13.9. The van der Waals surface area contributed by atoms with Crippen LogP contribution < -0.4 is 14.8 Å². The summed E-state index contributed by atoms with van der Waals surface area (Å²) in [5.74, 6) is -0.814. The van der Waals surface area contributed by atoms with E-state index < -0.39 is 30.5 Å². The molecule has 1 aliphatic heterocycles. The minimum atomic E-state index is -4.48. The van der Waals surface area contributed by atoms with Crippen LogP contribution in [0.25, 0.3) is 0 Å². The van der Waals surface area contributed by atoms with Gasteiger partial charge in [0.25, 0.3) is 0 Å². The van der Waals surface area contributed by atoms with Gasteiger partial charge in [0.2, 0.25) is 11.8 Å². The first-order valence-electron chi connectivity index (χ1n) is 7.56. The van der Waals surface area contributed by atoms with Gasteiger partial charge in [0.1, 0.15) is 18.0 Å². The third kappa shape index (κ3) is 5.01. The Hall–Kier alpha value is -2.45. The minimum absolute atomic E-state index is 0.114. The van der Waals surface area contributed by atoms with Crippen molar-refractivity contribution >= 4 is 11.8 Å². The molecule has 1 atom stereocenters. The van der Waals surface area contributed by atoms with Gasteiger partial charge >= 0.3 is 6.18 Å². The number of benzene rings is 1. The quantitative estimate of drug-likeness (QED) is 0.839. The fourth-order valence-corrected chi connectivity index (χ4v) is 2.66. The van der Waals surface area contributed by atoms with E-state index >= 15 is 0 Å². The molecule has 1 unspecified atom stereocenters. The molecule has 0 bridgehead atoms. The summed E-state index contributed by atoms with van der Waals surface area (Å²) in [5.41, 5.74) is 0.659. The second-order valence-electron chi connectivity index (χ2n) is 5.69.